The average molecular weight is 359 g/mol. The van der Waals surface area contributed by atoms with E-state index in [1.165, 1.54) is 12.1 Å². The molecular formula is C21H23F2NO2. The molecule has 0 saturated carbocycles. The number of aryl methyl sites for hydroxylation is 1. The van der Waals surface area contributed by atoms with E-state index in [1.807, 2.05) is 19.9 Å². The van der Waals surface area contributed by atoms with Gasteiger partial charge in [-0.1, -0.05) is 0 Å². The Morgan fingerprint density at radius 3 is 2.58 bits per heavy atom. The Hall–Kier alpha value is -2.14. The fraction of sp³-hybridized carbons (Fsp3) is 0.429. The summed E-state index contributed by atoms with van der Waals surface area (Å²) in [6.07, 6.45) is 0.929. The number of piperidine rings is 1. The van der Waals surface area contributed by atoms with Gasteiger partial charge in [0.1, 0.15) is 17.7 Å². The van der Waals surface area contributed by atoms with Crippen LogP contribution in [0.2, 0.25) is 0 Å². The Morgan fingerprint density at radius 2 is 1.88 bits per heavy atom. The van der Waals surface area contributed by atoms with Crippen LogP contribution in [0.15, 0.2) is 24.3 Å². The second kappa shape index (κ2) is 6.54. The van der Waals surface area contributed by atoms with Gasteiger partial charge in [0, 0.05) is 18.0 Å². The third kappa shape index (κ3) is 2.94. The fourth-order valence-electron chi connectivity index (χ4n) is 3.92. The Balaban J connectivity index is 1.88. The predicted octanol–water partition coefficient (Wildman–Crippen LogP) is 4.57. The van der Waals surface area contributed by atoms with Crippen molar-refractivity contribution in [3.63, 3.8) is 0 Å². The maximum Gasteiger partial charge on any atom is 0.165 e. The van der Waals surface area contributed by atoms with Gasteiger partial charge in [-0.2, -0.15) is 0 Å². The fourth-order valence-corrected chi connectivity index (χ4v) is 3.92. The van der Waals surface area contributed by atoms with E-state index in [1.54, 1.807) is 13.0 Å². The minimum absolute atomic E-state index is 0.0146. The van der Waals surface area contributed by atoms with E-state index in [0.29, 0.717) is 22.6 Å². The van der Waals surface area contributed by atoms with Gasteiger partial charge in [0.25, 0.3) is 0 Å². The number of halogens is 2. The van der Waals surface area contributed by atoms with Crippen LogP contribution in [0.4, 0.5) is 8.78 Å². The lowest BCUT2D eigenvalue weighted by atomic mass is 9.88. The molecule has 2 aromatic carbocycles. The number of nitrogens with one attached hydrogen (secondary N) is 1. The van der Waals surface area contributed by atoms with Crippen molar-refractivity contribution in [2.75, 3.05) is 13.1 Å². The van der Waals surface area contributed by atoms with Crippen molar-refractivity contribution in [2.24, 2.45) is 0 Å². The summed E-state index contributed by atoms with van der Waals surface area (Å²) in [4.78, 5) is 0. The minimum Gasteiger partial charge on any atom is -0.487 e. The molecule has 2 aliphatic rings. The molecule has 3 nitrogen and oxygen atoms in total. The molecule has 2 aliphatic heterocycles. The van der Waals surface area contributed by atoms with Crippen molar-refractivity contribution in [1.29, 1.82) is 0 Å². The number of rotatable bonds is 3. The molecule has 0 aliphatic carbocycles. The van der Waals surface area contributed by atoms with E-state index >= 15 is 0 Å². The van der Waals surface area contributed by atoms with E-state index in [2.05, 4.69) is 5.32 Å². The van der Waals surface area contributed by atoms with Crippen molar-refractivity contribution >= 4 is 0 Å². The number of hydrogen-bond acceptors (Lipinski definition) is 3. The standard InChI is InChI=1S/C21H23F2NO2/c1-11(2)25-19-9-13(20-16(22)6-12(3)7-17(20)23)8-14-15-10-24-5-4-18(15)26-21(14)19/h6-9,11,15,18,24H,4-5,10H2,1-3H3. The van der Waals surface area contributed by atoms with Crippen molar-refractivity contribution in [2.45, 2.75) is 45.3 Å². The van der Waals surface area contributed by atoms with Crippen molar-refractivity contribution in [3.8, 4) is 22.6 Å². The highest BCUT2D eigenvalue weighted by atomic mass is 19.1. The van der Waals surface area contributed by atoms with Crippen LogP contribution < -0.4 is 14.8 Å². The third-order valence-electron chi connectivity index (χ3n) is 5.01. The van der Waals surface area contributed by atoms with Crippen LogP contribution in [-0.4, -0.2) is 25.3 Å². The van der Waals surface area contributed by atoms with Crippen LogP contribution in [0.3, 0.4) is 0 Å². The first-order valence-electron chi connectivity index (χ1n) is 9.12. The molecule has 1 saturated heterocycles. The second-order valence-corrected chi connectivity index (χ2v) is 7.42. The van der Waals surface area contributed by atoms with Gasteiger partial charge in [0.05, 0.1) is 11.7 Å². The zero-order chi connectivity index (χ0) is 18.4. The van der Waals surface area contributed by atoms with Crippen LogP contribution >= 0.6 is 0 Å². The van der Waals surface area contributed by atoms with Crippen LogP contribution in [0.5, 0.6) is 11.5 Å². The highest BCUT2D eigenvalue weighted by molar-refractivity contribution is 5.72. The lowest BCUT2D eigenvalue weighted by Crippen LogP contribution is -2.37. The van der Waals surface area contributed by atoms with E-state index in [9.17, 15) is 8.78 Å². The van der Waals surface area contributed by atoms with Crippen LogP contribution in [-0.2, 0) is 0 Å². The summed E-state index contributed by atoms with van der Waals surface area (Å²) < 4.78 is 41.2. The normalized spacial score (nSPS) is 21.3. The highest BCUT2D eigenvalue weighted by Gasteiger charge is 2.39. The van der Waals surface area contributed by atoms with E-state index in [-0.39, 0.29) is 23.7 Å². The summed E-state index contributed by atoms with van der Waals surface area (Å²) >= 11 is 0. The van der Waals surface area contributed by atoms with Gasteiger partial charge in [0.15, 0.2) is 11.5 Å². The molecule has 0 radical (unpaired) electrons. The van der Waals surface area contributed by atoms with Gasteiger partial charge >= 0.3 is 0 Å². The summed E-state index contributed by atoms with van der Waals surface area (Å²) in [6.45, 7) is 7.23. The molecule has 138 valence electrons. The minimum atomic E-state index is -0.560. The van der Waals surface area contributed by atoms with Gasteiger partial charge in [-0.3, -0.25) is 0 Å². The summed E-state index contributed by atoms with van der Waals surface area (Å²) in [6, 6.07) is 6.27. The van der Waals surface area contributed by atoms with E-state index < -0.39 is 11.6 Å². The Morgan fingerprint density at radius 1 is 1.15 bits per heavy atom. The molecule has 2 unspecified atom stereocenters. The molecule has 4 rings (SSSR count). The first-order chi connectivity index (χ1) is 12.4. The number of hydrogen-bond donors (Lipinski definition) is 1. The average Bonchev–Trinajstić information content (AvgIpc) is 2.93. The van der Waals surface area contributed by atoms with Gasteiger partial charge in [-0.25, -0.2) is 8.78 Å². The molecule has 5 heteroatoms. The summed E-state index contributed by atoms with van der Waals surface area (Å²) in [7, 11) is 0. The lowest BCUT2D eigenvalue weighted by molar-refractivity contribution is 0.160. The maximum atomic E-state index is 14.6. The van der Waals surface area contributed by atoms with Crippen molar-refractivity contribution < 1.29 is 18.3 Å². The molecule has 1 fully saturated rings. The smallest absolute Gasteiger partial charge is 0.165 e. The quantitative estimate of drug-likeness (QED) is 0.871. The molecule has 0 aromatic heterocycles. The molecule has 26 heavy (non-hydrogen) atoms. The van der Waals surface area contributed by atoms with E-state index in [0.717, 1.165) is 25.1 Å². The van der Waals surface area contributed by atoms with Crippen LogP contribution in [0.25, 0.3) is 11.1 Å². The molecule has 2 aromatic rings. The maximum absolute atomic E-state index is 14.6. The molecule has 1 N–H and O–H groups in total. The van der Waals surface area contributed by atoms with Gasteiger partial charge in [0.2, 0.25) is 0 Å². The number of fused-ring (bicyclic) bond motifs is 3. The molecule has 2 heterocycles. The highest BCUT2D eigenvalue weighted by Crippen LogP contribution is 2.49. The lowest BCUT2D eigenvalue weighted by Gasteiger charge is -2.24. The number of ether oxygens (including phenoxy) is 2. The first-order valence-corrected chi connectivity index (χ1v) is 9.12. The summed E-state index contributed by atoms with van der Waals surface area (Å²) in [5, 5.41) is 3.38. The zero-order valence-electron chi connectivity index (χ0n) is 15.2. The Kier molecular flexibility index (Phi) is 4.35. The SMILES string of the molecule is Cc1cc(F)c(-c2cc(OC(C)C)c3c(c2)C2CNCCC2O3)c(F)c1. The van der Waals surface area contributed by atoms with Gasteiger partial charge < -0.3 is 14.8 Å². The van der Waals surface area contributed by atoms with Crippen LogP contribution in [0.1, 0.15) is 37.3 Å². The van der Waals surface area contributed by atoms with Crippen molar-refractivity contribution in [3.05, 3.63) is 47.0 Å². The Bertz CT molecular complexity index is 827. The zero-order valence-corrected chi connectivity index (χ0v) is 15.2. The van der Waals surface area contributed by atoms with Crippen LogP contribution in [0, 0.1) is 18.6 Å². The first kappa shape index (κ1) is 17.3. The van der Waals surface area contributed by atoms with E-state index in [4.69, 9.17) is 9.47 Å². The molecule has 0 spiro atoms. The molecule has 0 bridgehead atoms. The summed E-state index contributed by atoms with van der Waals surface area (Å²) in [5.74, 6) is 0.325. The third-order valence-corrected chi connectivity index (χ3v) is 5.01. The topological polar surface area (TPSA) is 30.5 Å². The number of benzene rings is 2. The van der Waals surface area contributed by atoms with Gasteiger partial charge in [-0.15, -0.1) is 0 Å². The predicted molar refractivity (Wildman–Crippen MR) is 96.9 cm³/mol. The monoisotopic (exact) mass is 359 g/mol. The molecular weight excluding hydrogens is 336 g/mol. The second-order valence-electron chi connectivity index (χ2n) is 7.42. The summed E-state index contributed by atoms with van der Waals surface area (Å²) in [5.41, 5.74) is 2.00. The molecule has 0 amide bonds. The Labute approximate surface area is 152 Å². The largest absolute Gasteiger partial charge is 0.487 e. The van der Waals surface area contributed by atoms with Gasteiger partial charge in [-0.05, 0) is 69.1 Å². The van der Waals surface area contributed by atoms with Crippen molar-refractivity contribution in [1.82, 2.24) is 5.32 Å². The molecule has 2 atom stereocenters.